The zero-order valence-electron chi connectivity index (χ0n) is 10.6. The van der Waals surface area contributed by atoms with Crippen LogP contribution in [-0.4, -0.2) is 33.6 Å². The van der Waals surface area contributed by atoms with E-state index in [9.17, 15) is 9.59 Å². The maximum absolute atomic E-state index is 11.5. The Morgan fingerprint density at radius 2 is 1.76 bits per heavy atom. The number of alkyl halides is 1. The van der Waals surface area contributed by atoms with Gasteiger partial charge in [0, 0.05) is 11.1 Å². The Bertz CT molecular complexity index is 332. The number of carbonyl (C=O) groups excluding carboxylic acids is 2. The first kappa shape index (κ1) is 16.2. The Balaban J connectivity index is 4.40. The fourth-order valence-corrected chi connectivity index (χ4v) is 0.914. The van der Waals surface area contributed by atoms with Crippen molar-refractivity contribution in [2.24, 2.45) is 5.41 Å². The molecule has 0 aromatic carbocycles. The van der Waals surface area contributed by atoms with Crippen LogP contribution in [0.1, 0.15) is 34.1 Å². The highest BCUT2D eigenvalue weighted by Crippen LogP contribution is 2.18. The van der Waals surface area contributed by atoms with Crippen molar-refractivity contribution >= 4 is 33.5 Å². The van der Waals surface area contributed by atoms with Gasteiger partial charge in [-0.1, -0.05) is 29.8 Å². The number of carbonyl (C=O) groups is 2. The molecule has 0 aliphatic carbocycles. The number of aliphatic hydroxyl groups is 1. The Morgan fingerprint density at radius 1 is 1.29 bits per heavy atom. The van der Waals surface area contributed by atoms with Crippen molar-refractivity contribution in [2.45, 2.75) is 38.4 Å². The smallest absolute Gasteiger partial charge is 0.242 e. The molecule has 0 rings (SSSR count). The summed E-state index contributed by atoms with van der Waals surface area (Å²) < 4.78 is -0.822. The fourth-order valence-electron chi connectivity index (χ4n) is 0.815. The Hall–Kier alpha value is -0.750. The van der Waals surface area contributed by atoms with Gasteiger partial charge in [0.15, 0.2) is 0 Å². The molecule has 0 saturated carbocycles. The van der Waals surface area contributed by atoms with Gasteiger partial charge in [0.2, 0.25) is 11.8 Å². The number of halogens is 1. The van der Waals surface area contributed by atoms with Crippen LogP contribution in [0.4, 0.5) is 0 Å². The maximum atomic E-state index is 11.5. The van der Waals surface area contributed by atoms with E-state index in [1.807, 2.05) is 0 Å². The van der Waals surface area contributed by atoms with Crippen molar-refractivity contribution in [3.63, 3.8) is 0 Å². The average Bonchev–Trinajstić information content (AvgIpc) is 2.15. The quantitative estimate of drug-likeness (QED) is 0.527. The Morgan fingerprint density at radius 3 is 2.12 bits per heavy atom. The van der Waals surface area contributed by atoms with E-state index in [0.717, 1.165) is 0 Å². The maximum Gasteiger partial charge on any atom is 0.242 e. The van der Waals surface area contributed by atoms with Gasteiger partial charge < -0.3 is 10.5 Å². The summed E-state index contributed by atoms with van der Waals surface area (Å²) in [6.45, 7) is 6.37. The molecule has 0 radical (unpaired) electrons. The van der Waals surface area contributed by atoms with Gasteiger partial charge >= 0.3 is 0 Å². The summed E-state index contributed by atoms with van der Waals surface area (Å²) in [5.74, 6) is -0.980. The average molecular weight is 307 g/mol. The van der Waals surface area contributed by atoms with Crippen LogP contribution in [0.5, 0.6) is 0 Å². The van der Waals surface area contributed by atoms with Gasteiger partial charge in [-0.25, -0.2) is 0 Å². The summed E-state index contributed by atoms with van der Waals surface area (Å²) in [6.07, 6.45) is -0.192. The zero-order valence-corrected chi connectivity index (χ0v) is 12.1. The number of amides is 2. The molecule has 0 spiro atoms. The highest BCUT2D eigenvalue weighted by molar-refractivity contribution is 9.10. The number of hydrogen-bond donors (Lipinski definition) is 3. The summed E-state index contributed by atoms with van der Waals surface area (Å²) in [4.78, 5) is 23.0. The fraction of sp³-hybridized carbons (Fsp3) is 0.727. The molecule has 0 bridgehead atoms. The van der Waals surface area contributed by atoms with E-state index in [1.165, 1.54) is 0 Å². The van der Waals surface area contributed by atoms with Crippen LogP contribution in [0.3, 0.4) is 0 Å². The molecule has 0 aromatic rings. The van der Waals surface area contributed by atoms with Crippen molar-refractivity contribution in [1.82, 2.24) is 5.32 Å². The lowest BCUT2D eigenvalue weighted by atomic mass is 9.86. The molecule has 0 aromatic heterocycles. The second-order valence-electron chi connectivity index (χ2n) is 5.05. The summed E-state index contributed by atoms with van der Waals surface area (Å²) in [5, 5.41) is 18.9. The third-order valence-corrected chi connectivity index (χ3v) is 2.70. The Kier molecular flexibility index (Phi) is 5.48. The van der Waals surface area contributed by atoms with Crippen LogP contribution in [0.25, 0.3) is 0 Å². The standard InChI is InChI=1S/C11H19BrN2O3/c1-10(2,6-15)7(13)5-8(16)14-9(17)11(3,4)12/h13,15H,5-6H2,1-4H3,(H,14,16,17). The number of nitrogens with one attached hydrogen (secondary N) is 2. The predicted molar refractivity (Wildman–Crippen MR) is 69.4 cm³/mol. The van der Waals surface area contributed by atoms with E-state index < -0.39 is 21.6 Å². The number of rotatable bonds is 5. The van der Waals surface area contributed by atoms with Gasteiger partial charge in [0.25, 0.3) is 0 Å². The predicted octanol–water partition coefficient (Wildman–Crippen LogP) is 1.23. The van der Waals surface area contributed by atoms with Crippen LogP contribution in [0.2, 0.25) is 0 Å². The van der Waals surface area contributed by atoms with E-state index in [4.69, 9.17) is 10.5 Å². The lowest BCUT2D eigenvalue weighted by Crippen LogP contribution is -2.43. The second kappa shape index (κ2) is 5.73. The van der Waals surface area contributed by atoms with Crippen LogP contribution in [0, 0.1) is 10.8 Å². The molecular formula is C11H19BrN2O3. The molecular weight excluding hydrogens is 288 g/mol. The number of imide groups is 1. The van der Waals surface area contributed by atoms with Crippen molar-refractivity contribution in [1.29, 1.82) is 5.41 Å². The van der Waals surface area contributed by atoms with Gasteiger partial charge in [0.05, 0.1) is 17.4 Å². The molecule has 3 N–H and O–H groups in total. The van der Waals surface area contributed by atoms with E-state index in [-0.39, 0.29) is 18.7 Å². The minimum absolute atomic E-state index is 0.0951. The topological polar surface area (TPSA) is 90.3 Å². The monoisotopic (exact) mass is 306 g/mol. The third kappa shape index (κ3) is 5.41. The lowest BCUT2D eigenvalue weighted by molar-refractivity contribution is -0.130. The van der Waals surface area contributed by atoms with Crippen molar-refractivity contribution < 1.29 is 14.7 Å². The van der Waals surface area contributed by atoms with Gasteiger partial charge in [-0.3, -0.25) is 14.9 Å². The summed E-state index contributed by atoms with van der Waals surface area (Å²) in [5.41, 5.74) is -0.651. The van der Waals surface area contributed by atoms with E-state index in [2.05, 4.69) is 21.2 Å². The molecule has 0 atom stereocenters. The first-order valence-corrected chi connectivity index (χ1v) is 6.02. The van der Waals surface area contributed by atoms with Gasteiger partial charge in [-0.05, 0) is 13.8 Å². The van der Waals surface area contributed by atoms with Gasteiger partial charge in [0.1, 0.15) is 0 Å². The SMILES string of the molecule is CC(C)(Br)C(=O)NC(=O)CC(=N)C(C)(C)CO. The van der Waals surface area contributed by atoms with E-state index in [0.29, 0.717) is 0 Å². The molecule has 5 nitrogen and oxygen atoms in total. The summed E-state index contributed by atoms with van der Waals surface area (Å²) in [7, 11) is 0. The number of aliphatic hydroxyl groups excluding tert-OH is 1. The number of hydrogen-bond acceptors (Lipinski definition) is 4. The minimum atomic E-state index is -0.822. The van der Waals surface area contributed by atoms with Crippen molar-refractivity contribution in [3.8, 4) is 0 Å². The minimum Gasteiger partial charge on any atom is -0.395 e. The van der Waals surface area contributed by atoms with Gasteiger partial charge in [-0.2, -0.15) is 0 Å². The largest absolute Gasteiger partial charge is 0.395 e. The third-order valence-electron chi connectivity index (χ3n) is 2.34. The van der Waals surface area contributed by atoms with Crippen molar-refractivity contribution in [2.75, 3.05) is 6.61 Å². The molecule has 17 heavy (non-hydrogen) atoms. The molecule has 0 saturated heterocycles. The van der Waals surface area contributed by atoms with Crippen molar-refractivity contribution in [3.05, 3.63) is 0 Å². The molecule has 6 heteroatoms. The van der Waals surface area contributed by atoms with E-state index >= 15 is 0 Å². The normalized spacial score (nSPS) is 12.1. The molecule has 0 fully saturated rings. The van der Waals surface area contributed by atoms with Crippen LogP contribution in [0.15, 0.2) is 0 Å². The molecule has 0 aliphatic heterocycles. The van der Waals surface area contributed by atoms with Crippen LogP contribution in [-0.2, 0) is 9.59 Å². The molecule has 0 aliphatic rings. The molecule has 2 amide bonds. The van der Waals surface area contributed by atoms with Crippen LogP contribution >= 0.6 is 15.9 Å². The summed E-state index contributed by atoms with van der Waals surface area (Å²) >= 11 is 3.13. The van der Waals surface area contributed by atoms with Gasteiger partial charge in [-0.15, -0.1) is 0 Å². The highest BCUT2D eigenvalue weighted by Gasteiger charge is 2.28. The first-order valence-electron chi connectivity index (χ1n) is 5.22. The zero-order chi connectivity index (χ0) is 13.9. The van der Waals surface area contributed by atoms with Crippen LogP contribution < -0.4 is 5.32 Å². The highest BCUT2D eigenvalue weighted by atomic mass is 79.9. The first-order chi connectivity index (χ1) is 7.50. The summed E-state index contributed by atoms with van der Waals surface area (Å²) in [6, 6.07) is 0. The molecule has 0 unspecified atom stereocenters. The van der Waals surface area contributed by atoms with E-state index in [1.54, 1.807) is 27.7 Å². The molecule has 0 heterocycles. The molecule has 98 valence electrons. The lowest BCUT2D eigenvalue weighted by Gasteiger charge is -2.22. The Labute approximate surface area is 110 Å². The second-order valence-corrected chi connectivity index (χ2v) is 7.03.